The Kier molecular flexibility index (Phi) is 16.2. The van der Waals surface area contributed by atoms with Gasteiger partial charge < -0.3 is 4.43 Å². The molecule has 0 saturated heterocycles. The van der Waals surface area contributed by atoms with Crippen molar-refractivity contribution in [3.63, 3.8) is 0 Å². The van der Waals surface area contributed by atoms with E-state index in [4.69, 9.17) is 4.43 Å². The Morgan fingerprint density at radius 2 is 1.39 bits per heavy atom. The molecule has 0 radical (unpaired) electrons. The number of unbranched alkanes of at least 4 members (excludes halogenated alkanes) is 5. The molecule has 0 atom stereocenters. The van der Waals surface area contributed by atoms with Crippen LogP contribution in [0.15, 0.2) is 0 Å². The average Bonchev–Trinajstić information content (AvgIpc) is 2.18. The zero-order chi connectivity index (χ0) is 13.1. The van der Waals surface area contributed by atoms with Crippen molar-refractivity contribution in [2.45, 2.75) is 80.5 Å². The maximum absolute atomic E-state index is 5.67. The highest BCUT2D eigenvalue weighted by molar-refractivity contribution is 8.93. The van der Waals surface area contributed by atoms with Crippen LogP contribution in [-0.2, 0) is 4.43 Å². The highest BCUT2D eigenvalue weighted by atomic mass is 79.9. The third-order valence-corrected chi connectivity index (χ3v) is 6.28. The van der Waals surface area contributed by atoms with E-state index in [1.165, 1.54) is 38.5 Å². The van der Waals surface area contributed by atoms with Crippen LogP contribution in [-0.4, -0.2) is 36.0 Å². The van der Waals surface area contributed by atoms with Crippen molar-refractivity contribution in [1.29, 1.82) is 0 Å². The Balaban J connectivity index is 0. The second kappa shape index (κ2) is 13.4. The third-order valence-electron chi connectivity index (χ3n) is 3.02. The summed E-state index contributed by atoms with van der Waals surface area (Å²) in [6.45, 7) is 12.7. The second-order valence-corrected chi connectivity index (χ2v) is 12.5. The molecule has 0 bridgehead atoms. The van der Waals surface area contributed by atoms with E-state index in [0.717, 1.165) is 6.61 Å². The molecule has 0 spiro atoms. The quantitative estimate of drug-likeness (QED) is 0.387. The molecule has 0 aromatic heterocycles. The van der Waals surface area contributed by atoms with Crippen LogP contribution in [0.25, 0.3) is 0 Å². The molecule has 0 unspecified atom stereocenters. The summed E-state index contributed by atoms with van der Waals surface area (Å²) in [4.78, 5) is 0. The molecule has 0 heterocycles. The van der Waals surface area contributed by atoms with Crippen LogP contribution in [0.5, 0.6) is 0 Å². The van der Waals surface area contributed by atoms with E-state index in [9.17, 15) is 0 Å². The molecule has 0 aromatic rings. The van der Waals surface area contributed by atoms with Crippen molar-refractivity contribution >= 4 is 46.4 Å². The van der Waals surface area contributed by atoms with E-state index in [1.807, 2.05) is 0 Å². The van der Waals surface area contributed by atoms with Gasteiger partial charge in [0.1, 0.15) is 0 Å². The summed E-state index contributed by atoms with van der Waals surface area (Å²) < 4.78 is 7.88. The van der Waals surface area contributed by atoms with Gasteiger partial charge in [-0.1, -0.05) is 52.9 Å². The van der Waals surface area contributed by atoms with Crippen molar-refractivity contribution < 1.29 is 4.43 Å². The van der Waals surface area contributed by atoms with Crippen LogP contribution in [0.3, 0.4) is 0 Å². The third kappa shape index (κ3) is 19.8. The number of halogens is 1. The first kappa shape index (κ1) is 21.7. The molecular formula is C14H33BrMgOSi. The summed E-state index contributed by atoms with van der Waals surface area (Å²) in [7, 11) is -0.757. The van der Waals surface area contributed by atoms with Gasteiger partial charge in [0.25, 0.3) is 0 Å². The Morgan fingerprint density at radius 1 is 0.889 bits per heavy atom. The molecule has 0 aliphatic heterocycles. The summed E-state index contributed by atoms with van der Waals surface area (Å²) in [5.41, 5.74) is 0. The molecule has 1 nitrogen and oxygen atoms in total. The standard InChI is InChI=1S/C10H23OSi.C4H9.BrH.Mg/c1-4-5-6-7-8-9-10-11-12(2)3;1-4(2)3;;/h12H,1,4-10H2,2-3H3;1-3H3;1H;. The Labute approximate surface area is 137 Å². The monoisotopic (exact) mass is 348 g/mol. The van der Waals surface area contributed by atoms with Gasteiger partial charge in [0.15, 0.2) is 9.04 Å². The summed E-state index contributed by atoms with van der Waals surface area (Å²) in [5, 5.41) is 0. The molecule has 0 aliphatic rings. The van der Waals surface area contributed by atoms with Gasteiger partial charge >= 0.3 is 20.4 Å². The lowest BCUT2D eigenvalue weighted by molar-refractivity contribution is 0.312. The number of rotatable bonds is 10. The lowest BCUT2D eigenvalue weighted by atomic mass is 10.1. The summed E-state index contributed by atoms with van der Waals surface area (Å²) >= 11 is 0.177. The number of hydrogen-bond acceptors (Lipinski definition) is 1. The van der Waals surface area contributed by atoms with Crippen LogP contribution in [0, 0.1) is 0 Å². The zero-order valence-corrected chi connectivity index (χ0v) is 17.5. The van der Waals surface area contributed by atoms with Gasteiger partial charge in [0.2, 0.25) is 0 Å². The van der Waals surface area contributed by atoms with Crippen molar-refractivity contribution in [1.82, 2.24) is 0 Å². The van der Waals surface area contributed by atoms with Crippen molar-refractivity contribution in [3.05, 3.63) is 0 Å². The van der Waals surface area contributed by atoms with Crippen LogP contribution >= 0.6 is 17.0 Å². The van der Waals surface area contributed by atoms with Gasteiger partial charge in [-0.05, 0) is 19.5 Å². The first-order valence-corrected chi connectivity index (χ1v) is 12.0. The van der Waals surface area contributed by atoms with Crippen LogP contribution in [0.4, 0.5) is 0 Å². The average molecular weight is 350 g/mol. The highest BCUT2D eigenvalue weighted by Crippen LogP contribution is 2.22. The summed E-state index contributed by atoms with van der Waals surface area (Å²) in [6, 6.07) is 0. The topological polar surface area (TPSA) is 9.23 Å². The van der Waals surface area contributed by atoms with E-state index in [0.29, 0.717) is 3.54 Å². The Hall–Kier alpha value is 1.42. The first-order valence-electron chi connectivity index (χ1n) is 7.53. The van der Waals surface area contributed by atoms with E-state index in [1.54, 1.807) is 4.55 Å². The molecular weight excluding hydrogens is 316 g/mol. The van der Waals surface area contributed by atoms with Crippen molar-refractivity contribution in [3.8, 4) is 0 Å². The van der Waals surface area contributed by atoms with Gasteiger partial charge in [0.05, 0.1) is 0 Å². The molecule has 0 aromatic carbocycles. The Morgan fingerprint density at radius 3 is 1.89 bits per heavy atom. The molecule has 108 valence electrons. The van der Waals surface area contributed by atoms with Gasteiger partial charge in [-0.3, -0.25) is 0 Å². The van der Waals surface area contributed by atoms with E-state index < -0.39 is 9.04 Å². The van der Waals surface area contributed by atoms with Gasteiger partial charge in [-0.15, -0.1) is 25.1 Å². The SMILES string of the molecule is Br.C[SiH](C)OCCCCCCC[CH2][Mg][C](C)(C)C. The molecule has 0 aliphatic carbocycles. The highest BCUT2D eigenvalue weighted by Gasteiger charge is 2.12. The lowest BCUT2D eigenvalue weighted by Gasteiger charge is -2.15. The van der Waals surface area contributed by atoms with Gasteiger partial charge in [-0.25, -0.2) is 0 Å². The van der Waals surface area contributed by atoms with E-state index in [-0.39, 0.29) is 37.3 Å². The van der Waals surface area contributed by atoms with Crippen LogP contribution in [0.2, 0.25) is 21.2 Å². The predicted molar refractivity (Wildman–Crippen MR) is 93.1 cm³/mol. The second-order valence-electron chi connectivity index (χ2n) is 6.71. The van der Waals surface area contributed by atoms with E-state index >= 15 is 0 Å². The molecule has 4 heteroatoms. The molecule has 0 N–H and O–H groups in total. The first-order chi connectivity index (χ1) is 7.92. The Bertz CT molecular complexity index is 172. The minimum absolute atomic E-state index is 0. The largest absolute Gasteiger partial charge is 0.421 e. The zero-order valence-electron chi connectivity index (χ0n) is 13.3. The molecule has 18 heavy (non-hydrogen) atoms. The molecule has 0 fully saturated rings. The molecule has 0 saturated carbocycles. The lowest BCUT2D eigenvalue weighted by Crippen LogP contribution is -2.08. The maximum Gasteiger partial charge on any atom is 0.372 e. The van der Waals surface area contributed by atoms with Gasteiger partial charge in [-0.2, -0.15) is 0 Å². The molecule has 0 rings (SSSR count). The summed E-state index contributed by atoms with van der Waals surface area (Å²) in [6.07, 6.45) is 8.46. The normalized spacial score (nSPS) is 11.2. The fourth-order valence-corrected chi connectivity index (χ4v) is 4.26. The maximum atomic E-state index is 5.67. The van der Waals surface area contributed by atoms with Crippen molar-refractivity contribution in [2.75, 3.05) is 6.61 Å². The van der Waals surface area contributed by atoms with Crippen LogP contribution < -0.4 is 0 Å². The molecule has 0 amide bonds. The number of hydrogen-bond donors (Lipinski definition) is 0. The van der Waals surface area contributed by atoms with Crippen molar-refractivity contribution in [2.24, 2.45) is 0 Å². The minimum atomic E-state index is -0.757. The minimum Gasteiger partial charge on any atom is -0.421 e. The van der Waals surface area contributed by atoms with E-state index in [2.05, 4.69) is 33.9 Å². The van der Waals surface area contributed by atoms with Crippen LogP contribution in [0.1, 0.15) is 59.3 Å². The summed E-state index contributed by atoms with van der Waals surface area (Å²) in [5.74, 6) is 0. The fraction of sp³-hybridized carbons (Fsp3) is 1.00. The smallest absolute Gasteiger partial charge is 0.372 e. The van der Waals surface area contributed by atoms with Gasteiger partial charge in [0, 0.05) is 6.61 Å². The fourth-order valence-electron chi connectivity index (χ4n) is 1.96. The predicted octanol–water partition coefficient (Wildman–Crippen LogP) is 5.25.